The number of methoxy groups -OCH3 is 1. The van der Waals surface area contributed by atoms with Crippen LogP contribution >= 0.6 is 0 Å². The first kappa shape index (κ1) is 16.8. The molecule has 0 spiro atoms. The molecule has 0 radical (unpaired) electrons. The van der Waals surface area contributed by atoms with Gasteiger partial charge in [0, 0.05) is 26.6 Å². The summed E-state index contributed by atoms with van der Waals surface area (Å²) in [4.78, 5) is 13.6. The molecule has 122 valence electrons. The van der Waals surface area contributed by atoms with Gasteiger partial charge in [-0.2, -0.15) is 13.2 Å². The van der Waals surface area contributed by atoms with Crippen LogP contribution in [0.5, 0.6) is 0 Å². The fourth-order valence-corrected chi connectivity index (χ4v) is 2.79. The van der Waals surface area contributed by atoms with Crippen LogP contribution in [0.2, 0.25) is 0 Å². The van der Waals surface area contributed by atoms with E-state index in [2.05, 4.69) is 0 Å². The first-order valence-electron chi connectivity index (χ1n) is 7.24. The van der Waals surface area contributed by atoms with E-state index in [0.29, 0.717) is 38.1 Å². The van der Waals surface area contributed by atoms with Crippen LogP contribution in [0.15, 0.2) is 18.2 Å². The van der Waals surface area contributed by atoms with Crippen LogP contribution < -0.4 is 0 Å². The third-order valence-corrected chi connectivity index (χ3v) is 4.04. The molecule has 22 heavy (non-hydrogen) atoms. The number of aryl methyl sites for hydroxylation is 1. The molecule has 1 aromatic rings. The summed E-state index contributed by atoms with van der Waals surface area (Å²) in [6, 6.07) is 3.80. The Balaban J connectivity index is 2.07. The van der Waals surface area contributed by atoms with Gasteiger partial charge in [0.25, 0.3) is 0 Å². The summed E-state index contributed by atoms with van der Waals surface area (Å²) in [5, 5.41) is 0. The summed E-state index contributed by atoms with van der Waals surface area (Å²) < 4.78 is 43.4. The number of hydrogen-bond acceptors (Lipinski definition) is 2. The molecule has 1 heterocycles. The van der Waals surface area contributed by atoms with E-state index in [-0.39, 0.29) is 11.8 Å². The number of halogens is 3. The van der Waals surface area contributed by atoms with Gasteiger partial charge >= 0.3 is 6.18 Å². The highest BCUT2D eigenvalue weighted by Gasteiger charge is 2.32. The average molecular weight is 315 g/mol. The first-order valence-corrected chi connectivity index (χ1v) is 7.24. The van der Waals surface area contributed by atoms with Gasteiger partial charge < -0.3 is 9.64 Å². The molecule has 3 nitrogen and oxygen atoms in total. The van der Waals surface area contributed by atoms with E-state index in [1.807, 2.05) is 0 Å². The molecule has 0 unspecified atom stereocenters. The maximum atomic E-state index is 12.8. The zero-order chi connectivity index (χ0) is 16.3. The quantitative estimate of drug-likeness (QED) is 0.836. The summed E-state index contributed by atoms with van der Waals surface area (Å²) >= 11 is 0. The highest BCUT2D eigenvalue weighted by Crippen LogP contribution is 2.32. The maximum Gasteiger partial charge on any atom is 0.416 e. The summed E-state index contributed by atoms with van der Waals surface area (Å²) in [7, 11) is 1.57. The normalized spacial score (nSPS) is 19.0. The molecule has 0 bridgehead atoms. The summed E-state index contributed by atoms with van der Waals surface area (Å²) in [5.74, 6) is 0.109. The van der Waals surface area contributed by atoms with E-state index in [1.54, 1.807) is 18.9 Å². The number of carbonyl (C=O) groups excluding carboxylic acids is 1. The van der Waals surface area contributed by atoms with Crippen molar-refractivity contribution in [3.8, 4) is 0 Å². The smallest absolute Gasteiger partial charge is 0.383 e. The van der Waals surface area contributed by atoms with Crippen molar-refractivity contribution in [2.75, 3.05) is 26.8 Å². The van der Waals surface area contributed by atoms with E-state index < -0.39 is 11.7 Å². The molecule has 6 heteroatoms. The average Bonchev–Trinajstić information content (AvgIpc) is 2.77. The van der Waals surface area contributed by atoms with Gasteiger partial charge in [-0.3, -0.25) is 4.79 Å². The van der Waals surface area contributed by atoms with Gasteiger partial charge in [-0.25, -0.2) is 0 Å². The molecule has 1 aliphatic rings. The summed E-state index contributed by atoms with van der Waals surface area (Å²) in [5.41, 5.74) is 0.866. The lowest BCUT2D eigenvalue weighted by Crippen LogP contribution is -2.29. The molecule has 1 saturated heterocycles. The predicted molar refractivity (Wildman–Crippen MR) is 76.4 cm³/mol. The molecule has 0 aliphatic carbocycles. The monoisotopic (exact) mass is 315 g/mol. The number of carbonyl (C=O) groups is 1. The van der Waals surface area contributed by atoms with Gasteiger partial charge in [0.2, 0.25) is 5.91 Å². The van der Waals surface area contributed by atoms with Crippen LogP contribution in [0.3, 0.4) is 0 Å². The van der Waals surface area contributed by atoms with Crippen molar-refractivity contribution in [2.45, 2.75) is 25.9 Å². The van der Waals surface area contributed by atoms with E-state index in [1.165, 1.54) is 12.1 Å². The van der Waals surface area contributed by atoms with Gasteiger partial charge in [-0.1, -0.05) is 6.07 Å². The second-order valence-corrected chi connectivity index (χ2v) is 5.75. The Bertz CT molecular complexity index is 543. The van der Waals surface area contributed by atoms with E-state index in [4.69, 9.17) is 4.74 Å². The highest BCUT2D eigenvalue weighted by atomic mass is 19.4. The van der Waals surface area contributed by atoms with Crippen molar-refractivity contribution in [2.24, 2.45) is 5.92 Å². The lowest BCUT2D eigenvalue weighted by molar-refractivity contribution is -0.137. The summed E-state index contributed by atoms with van der Waals surface area (Å²) in [6.07, 6.45) is -3.46. The molecule has 2 rings (SSSR count). The zero-order valence-electron chi connectivity index (χ0n) is 12.7. The van der Waals surface area contributed by atoms with Crippen molar-refractivity contribution in [1.29, 1.82) is 0 Å². The van der Waals surface area contributed by atoms with Crippen LogP contribution in [-0.4, -0.2) is 37.6 Å². The van der Waals surface area contributed by atoms with Crippen LogP contribution in [0.1, 0.15) is 23.1 Å². The first-order chi connectivity index (χ1) is 10.3. The van der Waals surface area contributed by atoms with Gasteiger partial charge in [0.15, 0.2) is 0 Å². The number of nitrogens with zero attached hydrogens (tertiary/aromatic N) is 1. The molecule has 1 aliphatic heterocycles. The van der Waals surface area contributed by atoms with E-state index in [0.717, 1.165) is 11.6 Å². The van der Waals surface area contributed by atoms with E-state index in [9.17, 15) is 18.0 Å². The molecule has 0 N–H and O–H groups in total. The van der Waals surface area contributed by atoms with Crippen molar-refractivity contribution < 1.29 is 22.7 Å². The van der Waals surface area contributed by atoms with Crippen molar-refractivity contribution >= 4 is 5.91 Å². The minimum Gasteiger partial charge on any atom is -0.383 e. The fraction of sp³-hybridized carbons (Fsp3) is 0.562. The molecule has 0 aromatic heterocycles. The Labute approximate surface area is 128 Å². The summed E-state index contributed by atoms with van der Waals surface area (Å²) in [6.45, 7) is 3.39. The number of amides is 1. The van der Waals surface area contributed by atoms with Crippen LogP contribution in [0.25, 0.3) is 0 Å². The molecular formula is C16H20F3NO2. The predicted octanol–water partition coefficient (Wildman–Crippen LogP) is 3.05. The lowest BCUT2D eigenvalue weighted by Gasteiger charge is -2.17. The largest absolute Gasteiger partial charge is 0.416 e. The zero-order valence-corrected chi connectivity index (χ0v) is 12.7. The SMILES string of the molecule is COCCN1C[C@H](Cc2cc(C(F)(F)F)ccc2C)CC1=O. The Kier molecular flexibility index (Phi) is 5.11. The third kappa shape index (κ3) is 4.00. The van der Waals surface area contributed by atoms with Gasteiger partial charge in [0.05, 0.1) is 12.2 Å². The lowest BCUT2D eigenvalue weighted by atomic mass is 9.94. The third-order valence-electron chi connectivity index (χ3n) is 4.04. The minimum absolute atomic E-state index is 0.0479. The second-order valence-electron chi connectivity index (χ2n) is 5.75. The maximum absolute atomic E-state index is 12.8. The Morgan fingerprint density at radius 2 is 2.09 bits per heavy atom. The molecule has 1 fully saturated rings. The number of alkyl halides is 3. The number of likely N-dealkylation sites (tertiary alicyclic amines) is 1. The van der Waals surface area contributed by atoms with E-state index >= 15 is 0 Å². The van der Waals surface area contributed by atoms with Gasteiger partial charge in [0.1, 0.15) is 0 Å². The van der Waals surface area contributed by atoms with Gasteiger partial charge in [-0.05, 0) is 42.5 Å². The Morgan fingerprint density at radius 1 is 1.36 bits per heavy atom. The Morgan fingerprint density at radius 3 is 2.73 bits per heavy atom. The molecular weight excluding hydrogens is 295 g/mol. The number of rotatable bonds is 5. The molecule has 1 atom stereocenters. The fourth-order valence-electron chi connectivity index (χ4n) is 2.79. The van der Waals surface area contributed by atoms with Crippen LogP contribution in [-0.2, 0) is 22.1 Å². The highest BCUT2D eigenvalue weighted by molar-refractivity contribution is 5.78. The molecule has 1 amide bonds. The second kappa shape index (κ2) is 6.69. The van der Waals surface area contributed by atoms with Gasteiger partial charge in [-0.15, -0.1) is 0 Å². The minimum atomic E-state index is -4.33. The Hall–Kier alpha value is -1.56. The molecule has 1 aromatic carbocycles. The number of ether oxygens (including phenoxy) is 1. The topological polar surface area (TPSA) is 29.5 Å². The van der Waals surface area contributed by atoms with Crippen molar-refractivity contribution in [1.82, 2.24) is 4.90 Å². The number of hydrogen-bond donors (Lipinski definition) is 0. The standard InChI is InChI=1S/C16H20F3NO2/c1-11-3-4-14(16(17,18)19)9-13(11)7-12-8-15(21)20(10-12)5-6-22-2/h3-4,9,12H,5-8,10H2,1-2H3/t12-/m1/s1. The molecule has 0 saturated carbocycles. The van der Waals surface area contributed by atoms with Crippen molar-refractivity contribution in [3.05, 3.63) is 34.9 Å². The van der Waals surface area contributed by atoms with Crippen LogP contribution in [0.4, 0.5) is 13.2 Å². The van der Waals surface area contributed by atoms with Crippen molar-refractivity contribution in [3.63, 3.8) is 0 Å². The van der Waals surface area contributed by atoms with Crippen LogP contribution in [0, 0.1) is 12.8 Å². The number of benzene rings is 1.